The van der Waals surface area contributed by atoms with Gasteiger partial charge in [-0.1, -0.05) is 23.4 Å². The van der Waals surface area contributed by atoms with Crippen LogP contribution < -0.4 is 5.73 Å². The van der Waals surface area contributed by atoms with Crippen LogP contribution in [0.3, 0.4) is 0 Å². The van der Waals surface area contributed by atoms with Gasteiger partial charge in [0.2, 0.25) is 5.89 Å². The topological polar surface area (TPSA) is 64.9 Å². The van der Waals surface area contributed by atoms with Gasteiger partial charge in [-0.2, -0.15) is 4.98 Å². The molecule has 5 heteroatoms. The number of aryl methyl sites for hydroxylation is 1. The fourth-order valence-electron chi connectivity index (χ4n) is 2.39. The van der Waals surface area contributed by atoms with E-state index in [2.05, 4.69) is 29.2 Å². The number of benzene rings is 1. The molecule has 0 atom stereocenters. The first-order valence-electron chi connectivity index (χ1n) is 6.93. The van der Waals surface area contributed by atoms with Crippen molar-refractivity contribution in [2.75, 3.05) is 0 Å². The van der Waals surface area contributed by atoms with Gasteiger partial charge in [-0.25, -0.2) is 0 Å². The van der Waals surface area contributed by atoms with E-state index in [0.717, 1.165) is 24.4 Å². The maximum Gasteiger partial charge on any atom is 0.228 e. The predicted molar refractivity (Wildman–Crippen MR) is 79.5 cm³/mol. The van der Waals surface area contributed by atoms with Crippen molar-refractivity contribution in [3.63, 3.8) is 0 Å². The molecule has 0 amide bonds. The molecule has 0 saturated heterocycles. The molecule has 2 aromatic rings. The second-order valence-electron chi connectivity index (χ2n) is 5.55. The van der Waals surface area contributed by atoms with Gasteiger partial charge in [-0.05, 0) is 37.8 Å². The molecule has 0 radical (unpaired) electrons. The Morgan fingerprint density at radius 2 is 2.15 bits per heavy atom. The number of thioether (sulfide) groups is 1. The van der Waals surface area contributed by atoms with Crippen molar-refractivity contribution in [1.82, 2.24) is 10.1 Å². The van der Waals surface area contributed by atoms with Crippen LogP contribution in [0.1, 0.15) is 36.5 Å². The second kappa shape index (κ2) is 5.58. The largest absolute Gasteiger partial charge is 0.339 e. The first kappa shape index (κ1) is 13.6. The minimum Gasteiger partial charge on any atom is -0.339 e. The maximum absolute atomic E-state index is 6.20. The lowest BCUT2D eigenvalue weighted by molar-refractivity contribution is 0.221. The molecule has 4 nitrogen and oxygen atoms in total. The van der Waals surface area contributed by atoms with E-state index in [4.69, 9.17) is 10.3 Å². The van der Waals surface area contributed by atoms with Crippen molar-refractivity contribution in [2.45, 2.75) is 48.8 Å². The van der Waals surface area contributed by atoms with E-state index >= 15 is 0 Å². The van der Waals surface area contributed by atoms with E-state index < -0.39 is 0 Å². The molecule has 0 bridgehead atoms. The first-order valence-corrected chi connectivity index (χ1v) is 7.92. The lowest BCUT2D eigenvalue weighted by Crippen LogP contribution is -2.48. The van der Waals surface area contributed by atoms with E-state index in [-0.39, 0.29) is 5.54 Å². The van der Waals surface area contributed by atoms with Gasteiger partial charge in [-0.3, -0.25) is 0 Å². The molecule has 106 valence electrons. The van der Waals surface area contributed by atoms with Crippen LogP contribution in [0.5, 0.6) is 0 Å². The zero-order valence-electron chi connectivity index (χ0n) is 11.6. The third kappa shape index (κ3) is 3.04. The molecule has 0 aliphatic heterocycles. The lowest BCUT2D eigenvalue weighted by Gasteiger charge is -2.36. The summed E-state index contributed by atoms with van der Waals surface area (Å²) in [6.45, 7) is 2.11. The Labute approximate surface area is 123 Å². The Balaban J connectivity index is 1.59. The van der Waals surface area contributed by atoms with Crippen molar-refractivity contribution in [3.8, 4) is 0 Å². The average molecular weight is 289 g/mol. The summed E-state index contributed by atoms with van der Waals surface area (Å²) in [5, 5.41) is 4.04. The van der Waals surface area contributed by atoms with Gasteiger partial charge in [-0.15, -0.1) is 11.8 Å². The van der Waals surface area contributed by atoms with Crippen LogP contribution in [0.2, 0.25) is 0 Å². The summed E-state index contributed by atoms with van der Waals surface area (Å²) in [5.74, 6) is 2.15. The Hall–Kier alpha value is -1.33. The fraction of sp³-hybridized carbons (Fsp3) is 0.467. The molecule has 1 aliphatic carbocycles. The van der Waals surface area contributed by atoms with Crippen molar-refractivity contribution < 1.29 is 4.52 Å². The molecule has 1 saturated carbocycles. The van der Waals surface area contributed by atoms with E-state index in [9.17, 15) is 0 Å². The minimum atomic E-state index is -0.104. The summed E-state index contributed by atoms with van der Waals surface area (Å²) in [5.41, 5.74) is 7.37. The molecule has 1 heterocycles. The van der Waals surface area contributed by atoms with Gasteiger partial charge in [0, 0.05) is 16.9 Å². The monoisotopic (exact) mass is 289 g/mol. The standard InChI is InChI=1S/C15H19N3OS/c1-11-5-2-3-6-12(11)20-10-13-17-14(19-18-13)9-15(16)7-4-8-15/h2-3,5-6H,4,7-10,16H2,1H3. The summed E-state index contributed by atoms with van der Waals surface area (Å²) in [7, 11) is 0. The Bertz CT molecular complexity index is 592. The van der Waals surface area contributed by atoms with Crippen LogP contribution in [0.25, 0.3) is 0 Å². The number of hydrogen-bond acceptors (Lipinski definition) is 5. The predicted octanol–water partition coefficient (Wildman–Crippen LogP) is 3.09. The SMILES string of the molecule is Cc1ccccc1SCc1noc(CC2(N)CCC2)n1. The van der Waals surface area contributed by atoms with Gasteiger partial charge in [0.25, 0.3) is 0 Å². The van der Waals surface area contributed by atoms with Crippen LogP contribution in [0.15, 0.2) is 33.7 Å². The van der Waals surface area contributed by atoms with E-state index in [1.807, 2.05) is 12.1 Å². The average Bonchev–Trinajstić information content (AvgIpc) is 2.83. The molecule has 2 N–H and O–H groups in total. The van der Waals surface area contributed by atoms with E-state index in [1.165, 1.54) is 16.9 Å². The normalized spacial score (nSPS) is 16.9. The van der Waals surface area contributed by atoms with Crippen molar-refractivity contribution in [2.24, 2.45) is 5.73 Å². The van der Waals surface area contributed by atoms with Gasteiger partial charge in [0.15, 0.2) is 5.82 Å². The molecule has 3 rings (SSSR count). The van der Waals surface area contributed by atoms with Crippen LogP contribution in [0.4, 0.5) is 0 Å². The summed E-state index contributed by atoms with van der Waals surface area (Å²) in [6, 6.07) is 8.32. The zero-order valence-corrected chi connectivity index (χ0v) is 12.4. The molecule has 1 aromatic carbocycles. The van der Waals surface area contributed by atoms with Crippen molar-refractivity contribution >= 4 is 11.8 Å². The highest BCUT2D eigenvalue weighted by atomic mass is 32.2. The first-order chi connectivity index (χ1) is 9.65. The van der Waals surface area contributed by atoms with E-state index in [0.29, 0.717) is 12.3 Å². The molecule has 20 heavy (non-hydrogen) atoms. The van der Waals surface area contributed by atoms with Gasteiger partial charge in [0.1, 0.15) is 0 Å². The Morgan fingerprint density at radius 1 is 1.35 bits per heavy atom. The van der Waals surface area contributed by atoms with Crippen LogP contribution in [-0.4, -0.2) is 15.7 Å². The summed E-state index contributed by atoms with van der Waals surface area (Å²) < 4.78 is 5.30. The molecule has 1 aliphatic rings. The van der Waals surface area contributed by atoms with Crippen molar-refractivity contribution in [1.29, 1.82) is 0 Å². The molecule has 0 spiro atoms. The van der Waals surface area contributed by atoms with Gasteiger partial charge in [0.05, 0.1) is 5.75 Å². The number of aromatic nitrogens is 2. The highest BCUT2D eigenvalue weighted by molar-refractivity contribution is 7.98. The molecular formula is C15H19N3OS. The lowest BCUT2D eigenvalue weighted by atomic mass is 9.75. The third-order valence-corrected chi connectivity index (χ3v) is 4.98. The van der Waals surface area contributed by atoms with Crippen LogP contribution in [0, 0.1) is 6.92 Å². The summed E-state index contributed by atoms with van der Waals surface area (Å²) in [6.07, 6.45) is 4.03. The second-order valence-corrected chi connectivity index (χ2v) is 6.57. The number of nitrogens with zero attached hydrogens (tertiary/aromatic N) is 2. The molecular weight excluding hydrogens is 270 g/mol. The maximum atomic E-state index is 6.20. The molecule has 0 unspecified atom stereocenters. The Kier molecular flexibility index (Phi) is 3.81. The highest BCUT2D eigenvalue weighted by Crippen LogP contribution is 2.32. The van der Waals surface area contributed by atoms with Gasteiger partial charge < -0.3 is 10.3 Å². The number of hydrogen-bond donors (Lipinski definition) is 1. The number of nitrogens with two attached hydrogens (primary N) is 1. The molecule has 1 aromatic heterocycles. The molecule has 1 fully saturated rings. The number of rotatable bonds is 5. The highest BCUT2D eigenvalue weighted by Gasteiger charge is 2.34. The van der Waals surface area contributed by atoms with Gasteiger partial charge >= 0.3 is 0 Å². The van der Waals surface area contributed by atoms with Crippen molar-refractivity contribution in [3.05, 3.63) is 41.5 Å². The summed E-state index contributed by atoms with van der Waals surface area (Å²) in [4.78, 5) is 5.70. The fourth-order valence-corrected chi connectivity index (χ4v) is 3.26. The van der Waals surface area contributed by atoms with E-state index in [1.54, 1.807) is 11.8 Å². The minimum absolute atomic E-state index is 0.104. The van der Waals surface area contributed by atoms with Crippen LogP contribution in [-0.2, 0) is 12.2 Å². The third-order valence-electron chi connectivity index (χ3n) is 3.81. The zero-order chi connectivity index (χ0) is 14.0. The van der Waals surface area contributed by atoms with Crippen LogP contribution >= 0.6 is 11.8 Å². The Morgan fingerprint density at radius 3 is 2.85 bits per heavy atom. The summed E-state index contributed by atoms with van der Waals surface area (Å²) >= 11 is 1.73. The quantitative estimate of drug-likeness (QED) is 0.857. The smallest absolute Gasteiger partial charge is 0.228 e.